The Kier molecular flexibility index (Phi) is 6.87. The predicted molar refractivity (Wildman–Crippen MR) is 131 cm³/mol. The largest absolute Gasteiger partial charge is 0.497 e. The SMILES string of the molecule is CCOc1cccc(CN2C(=O)c3ccccc3C[C@]2(C)C(=O)NCc2ccc(OC)cc2)c1. The molecule has 4 rings (SSSR count). The number of hydrogen-bond acceptors (Lipinski definition) is 4. The van der Waals surface area contributed by atoms with Crippen LogP contribution in [0.4, 0.5) is 0 Å². The molecule has 3 aromatic carbocycles. The zero-order valence-electron chi connectivity index (χ0n) is 19.8. The van der Waals surface area contributed by atoms with Crippen LogP contribution in [0.15, 0.2) is 72.8 Å². The molecule has 0 bridgehead atoms. The van der Waals surface area contributed by atoms with Gasteiger partial charge in [-0.2, -0.15) is 0 Å². The van der Waals surface area contributed by atoms with E-state index in [4.69, 9.17) is 9.47 Å². The molecule has 1 atom stereocenters. The van der Waals surface area contributed by atoms with E-state index in [-0.39, 0.29) is 11.8 Å². The first-order chi connectivity index (χ1) is 16.4. The van der Waals surface area contributed by atoms with Crippen molar-refractivity contribution in [2.24, 2.45) is 0 Å². The van der Waals surface area contributed by atoms with Gasteiger partial charge in [0.1, 0.15) is 17.0 Å². The minimum absolute atomic E-state index is 0.147. The van der Waals surface area contributed by atoms with Gasteiger partial charge in [0.25, 0.3) is 5.91 Å². The van der Waals surface area contributed by atoms with Crippen molar-refractivity contribution in [2.75, 3.05) is 13.7 Å². The molecule has 0 spiro atoms. The third-order valence-electron chi connectivity index (χ3n) is 6.27. The summed E-state index contributed by atoms with van der Waals surface area (Å²) in [6.45, 7) is 5.01. The van der Waals surface area contributed by atoms with E-state index >= 15 is 0 Å². The van der Waals surface area contributed by atoms with Gasteiger partial charge in [0.2, 0.25) is 5.91 Å². The van der Waals surface area contributed by atoms with Crippen LogP contribution in [0.5, 0.6) is 11.5 Å². The normalized spacial score (nSPS) is 17.1. The number of nitrogens with one attached hydrogen (secondary N) is 1. The summed E-state index contributed by atoms with van der Waals surface area (Å²) < 4.78 is 10.8. The van der Waals surface area contributed by atoms with Crippen molar-refractivity contribution in [3.05, 3.63) is 95.1 Å². The third-order valence-corrected chi connectivity index (χ3v) is 6.27. The summed E-state index contributed by atoms with van der Waals surface area (Å²) in [5, 5.41) is 3.05. The van der Waals surface area contributed by atoms with E-state index < -0.39 is 5.54 Å². The van der Waals surface area contributed by atoms with Gasteiger partial charge in [0, 0.05) is 25.1 Å². The monoisotopic (exact) mass is 458 g/mol. The first-order valence-corrected chi connectivity index (χ1v) is 11.5. The lowest BCUT2D eigenvalue weighted by Crippen LogP contribution is -2.62. The zero-order valence-corrected chi connectivity index (χ0v) is 19.8. The Hall–Kier alpha value is -3.80. The average Bonchev–Trinajstić information content (AvgIpc) is 2.86. The summed E-state index contributed by atoms with van der Waals surface area (Å²) in [7, 11) is 1.62. The highest BCUT2D eigenvalue weighted by Crippen LogP contribution is 2.33. The van der Waals surface area contributed by atoms with Crippen LogP contribution in [-0.2, 0) is 24.3 Å². The molecule has 0 saturated carbocycles. The Morgan fingerprint density at radius 1 is 1.00 bits per heavy atom. The Morgan fingerprint density at radius 2 is 1.76 bits per heavy atom. The van der Waals surface area contributed by atoms with Crippen molar-refractivity contribution in [1.29, 1.82) is 0 Å². The average molecular weight is 459 g/mol. The number of hydrogen-bond donors (Lipinski definition) is 1. The molecule has 0 fully saturated rings. The second kappa shape index (κ2) is 10.00. The van der Waals surface area contributed by atoms with Gasteiger partial charge in [-0.05, 0) is 60.9 Å². The molecule has 3 aromatic rings. The van der Waals surface area contributed by atoms with Crippen LogP contribution < -0.4 is 14.8 Å². The van der Waals surface area contributed by atoms with Crippen molar-refractivity contribution < 1.29 is 19.1 Å². The van der Waals surface area contributed by atoms with Crippen LogP contribution >= 0.6 is 0 Å². The first-order valence-electron chi connectivity index (χ1n) is 11.5. The molecule has 34 heavy (non-hydrogen) atoms. The number of nitrogens with zero attached hydrogens (tertiary/aromatic N) is 1. The minimum atomic E-state index is -1.04. The summed E-state index contributed by atoms with van der Waals surface area (Å²) >= 11 is 0. The Balaban J connectivity index is 1.61. The molecule has 1 aliphatic rings. The molecule has 6 heteroatoms. The lowest BCUT2D eigenvalue weighted by Gasteiger charge is -2.44. The van der Waals surface area contributed by atoms with Crippen molar-refractivity contribution in [2.45, 2.75) is 38.9 Å². The number of carbonyl (C=O) groups is 2. The van der Waals surface area contributed by atoms with Crippen LogP contribution in [0.2, 0.25) is 0 Å². The molecule has 0 aromatic heterocycles. The van der Waals surface area contributed by atoms with Crippen molar-refractivity contribution in [3.63, 3.8) is 0 Å². The van der Waals surface area contributed by atoms with Crippen LogP contribution in [-0.4, -0.2) is 36.0 Å². The quantitative estimate of drug-likeness (QED) is 0.544. The van der Waals surface area contributed by atoms with Crippen molar-refractivity contribution in [3.8, 4) is 11.5 Å². The van der Waals surface area contributed by atoms with Crippen molar-refractivity contribution >= 4 is 11.8 Å². The molecule has 0 aliphatic carbocycles. The second-order valence-electron chi connectivity index (χ2n) is 8.61. The number of ether oxygens (including phenoxy) is 2. The van der Waals surface area contributed by atoms with Crippen molar-refractivity contribution in [1.82, 2.24) is 10.2 Å². The van der Waals surface area contributed by atoms with E-state index in [9.17, 15) is 9.59 Å². The number of amides is 2. The topological polar surface area (TPSA) is 67.9 Å². The maximum absolute atomic E-state index is 13.6. The van der Waals surface area contributed by atoms with Gasteiger partial charge >= 0.3 is 0 Å². The molecule has 1 aliphatic heterocycles. The Labute approximate surface area is 200 Å². The fourth-order valence-electron chi connectivity index (χ4n) is 4.37. The molecule has 0 unspecified atom stereocenters. The number of benzene rings is 3. The van der Waals surface area contributed by atoms with E-state index in [1.54, 1.807) is 12.0 Å². The van der Waals surface area contributed by atoms with Gasteiger partial charge in [-0.25, -0.2) is 0 Å². The summed E-state index contributed by atoms with van der Waals surface area (Å²) in [5.41, 5.74) is 2.35. The summed E-state index contributed by atoms with van der Waals surface area (Å²) in [4.78, 5) is 28.9. The maximum atomic E-state index is 13.6. The van der Waals surface area contributed by atoms with E-state index in [1.165, 1.54) is 0 Å². The molecule has 1 N–H and O–H groups in total. The van der Waals surface area contributed by atoms with Gasteiger partial charge in [0.15, 0.2) is 0 Å². The maximum Gasteiger partial charge on any atom is 0.255 e. The fourth-order valence-corrected chi connectivity index (χ4v) is 4.37. The molecule has 0 radical (unpaired) electrons. The Bertz CT molecular complexity index is 1180. The van der Waals surface area contributed by atoms with Gasteiger partial charge in [-0.3, -0.25) is 9.59 Å². The third kappa shape index (κ3) is 4.76. The van der Waals surface area contributed by atoms with Crippen LogP contribution in [0.25, 0.3) is 0 Å². The minimum Gasteiger partial charge on any atom is -0.497 e. The van der Waals surface area contributed by atoms with Gasteiger partial charge in [0.05, 0.1) is 13.7 Å². The number of rotatable bonds is 8. The van der Waals surface area contributed by atoms with Gasteiger partial charge < -0.3 is 19.7 Å². The molecule has 2 amide bonds. The molecular weight excluding hydrogens is 428 g/mol. The number of carbonyl (C=O) groups excluding carboxylic acids is 2. The Morgan fingerprint density at radius 3 is 2.50 bits per heavy atom. The zero-order chi connectivity index (χ0) is 24.1. The van der Waals surface area contributed by atoms with Gasteiger partial charge in [-0.15, -0.1) is 0 Å². The second-order valence-corrected chi connectivity index (χ2v) is 8.61. The lowest BCUT2D eigenvalue weighted by atomic mass is 9.82. The van der Waals surface area contributed by atoms with E-state index in [2.05, 4.69) is 5.32 Å². The highest BCUT2D eigenvalue weighted by atomic mass is 16.5. The van der Waals surface area contributed by atoms with Gasteiger partial charge in [-0.1, -0.05) is 42.5 Å². The standard InChI is InChI=1S/C28H30N2O4/c1-4-34-24-10-7-8-21(16-24)19-30-26(31)25-11-6-5-9-22(25)17-28(30,2)27(32)29-18-20-12-14-23(33-3)15-13-20/h5-16H,4,17-19H2,1-3H3,(H,29,32)/t28-/m1/s1. The molecular formula is C28H30N2O4. The summed E-state index contributed by atoms with van der Waals surface area (Å²) in [5.74, 6) is 1.17. The van der Waals surface area contributed by atoms with E-state index in [0.717, 1.165) is 28.2 Å². The molecule has 6 nitrogen and oxygen atoms in total. The fraction of sp³-hybridized carbons (Fsp3) is 0.286. The van der Waals surface area contributed by atoms with Crippen LogP contribution in [0.1, 0.15) is 40.9 Å². The number of fused-ring (bicyclic) bond motifs is 1. The van der Waals surface area contributed by atoms with E-state index in [1.807, 2.05) is 86.6 Å². The predicted octanol–water partition coefficient (Wildman–Crippen LogP) is 4.37. The van der Waals surface area contributed by atoms with Crippen LogP contribution in [0.3, 0.4) is 0 Å². The molecule has 176 valence electrons. The highest BCUT2D eigenvalue weighted by molar-refractivity contribution is 6.02. The lowest BCUT2D eigenvalue weighted by molar-refractivity contribution is -0.132. The molecule has 0 saturated heterocycles. The highest BCUT2D eigenvalue weighted by Gasteiger charge is 2.46. The first kappa shape index (κ1) is 23.4. The molecule has 1 heterocycles. The van der Waals surface area contributed by atoms with E-state index in [0.29, 0.717) is 31.7 Å². The summed E-state index contributed by atoms with van der Waals surface area (Å²) in [6, 6.07) is 22.7. The smallest absolute Gasteiger partial charge is 0.255 e. The van der Waals surface area contributed by atoms with Crippen LogP contribution in [0, 0.1) is 0 Å². The number of methoxy groups -OCH3 is 1. The summed E-state index contributed by atoms with van der Waals surface area (Å²) in [6.07, 6.45) is 0.439.